The molecule has 1 aliphatic rings. The van der Waals surface area contributed by atoms with Gasteiger partial charge in [-0.1, -0.05) is 11.8 Å². The molecule has 0 saturated carbocycles. The van der Waals surface area contributed by atoms with Crippen molar-refractivity contribution >= 4 is 38.9 Å². The second-order valence-electron chi connectivity index (χ2n) is 6.27. The van der Waals surface area contributed by atoms with Gasteiger partial charge in [-0.25, -0.2) is 24.2 Å². The summed E-state index contributed by atoms with van der Waals surface area (Å²) in [5, 5.41) is 20.0. The van der Waals surface area contributed by atoms with Gasteiger partial charge >= 0.3 is 10.3 Å². The van der Waals surface area contributed by atoms with Crippen molar-refractivity contribution < 1.29 is 26.8 Å². The van der Waals surface area contributed by atoms with E-state index in [1.807, 2.05) is 0 Å². The molecule has 0 amide bonds. The molecule has 1 saturated heterocycles. The number of aliphatic hydroxyl groups is 1. The first-order valence-corrected chi connectivity index (χ1v) is 10.7. The fourth-order valence-electron chi connectivity index (χ4n) is 2.93. The molecule has 4 rings (SSSR count). The van der Waals surface area contributed by atoms with Crippen LogP contribution in [0.3, 0.4) is 0 Å². The average Bonchev–Trinajstić information content (AvgIpc) is 3.19. The Morgan fingerprint density at radius 2 is 2.07 bits per heavy atom. The summed E-state index contributed by atoms with van der Waals surface area (Å²) in [5.74, 6) is 0.130. The molecule has 15 heteroatoms. The van der Waals surface area contributed by atoms with Crippen molar-refractivity contribution in [2.45, 2.75) is 34.5 Å². The fourth-order valence-corrected chi connectivity index (χ4v) is 4.16. The lowest BCUT2D eigenvalue weighted by atomic mass is 10.1. The first kappa shape index (κ1) is 20.8. The molecule has 12 nitrogen and oxygen atoms in total. The number of nitrogen functional groups attached to an aromatic ring is 1. The van der Waals surface area contributed by atoms with Crippen molar-refractivity contribution in [3.8, 4) is 0 Å². The summed E-state index contributed by atoms with van der Waals surface area (Å²) in [6.07, 6.45) is -1.92. The lowest BCUT2D eigenvalue weighted by Crippen LogP contribution is -2.33. The van der Waals surface area contributed by atoms with Gasteiger partial charge in [0, 0.05) is 17.3 Å². The van der Waals surface area contributed by atoms with Gasteiger partial charge in [0.15, 0.2) is 18.0 Å². The number of aromatic nitrogens is 5. The highest BCUT2D eigenvalue weighted by Gasteiger charge is 2.47. The zero-order valence-corrected chi connectivity index (χ0v) is 16.7. The van der Waals surface area contributed by atoms with Gasteiger partial charge in [0.1, 0.15) is 29.4 Å². The summed E-state index contributed by atoms with van der Waals surface area (Å²) in [5.41, 5.74) is 6.18. The quantitative estimate of drug-likeness (QED) is 0.445. The van der Waals surface area contributed by atoms with E-state index < -0.39 is 41.5 Å². The number of aliphatic hydroxyl groups excluding tert-OH is 1. The monoisotopic (exact) mass is 457 g/mol. The molecular formula is C15H16FN7O5S2. The number of rotatable bonds is 6. The minimum absolute atomic E-state index is 0.130. The standard InChI is InChI=1S/C15H16FN7O5S2/c16-10-11(24)8(5-27-30(18,25)26)28-15(10)23-13-9(12(17)20-6-21-13)14(22-23)29-7-1-3-19-4-2-7/h1-4,6,8,10-11,15,24H,5H2,(H2,17,20,21)(H2,18,25,26)/t8-,10+,11-,15-/m1/s1. The van der Waals surface area contributed by atoms with E-state index in [1.165, 1.54) is 18.1 Å². The van der Waals surface area contributed by atoms with Crippen LogP contribution in [0.1, 0.15) is 6.23 Å². The van der Waals surface area contributed by atoms with Crippen molar-refractivity contribution in [1.29, 1.82) is 0 Å². The lowest BCUT2D eigenvalue weighted by molar-refractivity contribution is -0.0456. The maximum atomic E-state index is 14.8. The van der Waals surface area contributed by atoms with Gasteiger partial charge in [-0.2, -0.15) is 13.5 Å². The second-order valence-corrected chi connectivity index (χ2v) is 8.55. The van der Waals surface area contributed by atoms with E-state index in [2.05, 4.69) is 24.2 Å². The molecule has 3 aromatic heterocycles. The summed E-state index contributed by atoms with van der Waals surface area (Å²) >= 11 is 1.23. The number of nitrogens with zero attached hydrogens (tertiary/aromatic N) is 5. The Balaban J connectivity index is 1.69. The summed E-state index contributed by atoms with van der Waals surface area (Å²) in [6.45, 7) is -0.661. The van der Waals surface area contributed by atoms with Gasteiger partial charge in [0.05, 0.1) is 12.0 Å². The normalized spacial score (nSPS) is 24.5. The molecule has 4 atom stereocenters. The first-order valence-electron chi connectivity index (χ1n) is 8.46. The van der Waals surface area contributed by atoms with E-state index in [4.69, 9.17) is 15.6 Å². The predicted octanol–water partition coefficient (Wildman–Crippen LogP) is -0.229. The van der Waals surface area contributed by atoms with E-state index in [1.54, 1.807) is 24.5 Å². The van der Waals surface area contributed by atoms with E-state index >= 15 is 0 Å². The number of anilines is 1. The van der Waals surface area contributed by atoms with Crippen LogP contribution < -0.4 is 10.9 Å². The topological polar surface area (TPSA) is 181 Å². The minimum atomic E-state index is -4.29. The highest BCUT2D eigenvalue weighted by Crippen LogP contribution is 2.39. The van der Waals surface area contributed by atoms with Crippen LogP contribution in [0.2, 0.25) is 0 Å². The molecule has 0 radical (unpaired) electrons. The Bertz CT molecular complexity index is 1160. The molecule has 3 aromatic rings. The summed E-state index contributed by atoms with van der Waals surface area (Å²) in [6, 6.07) is 3.51. The maximum absolute atomic E-state index is 14.8. The molecule has 30 heavy (non-hydrogen) atoms. The Hall–Kier alpha value is -2.43. The van der Waals surface area contributed by atoms with Crippen LogP contribution in [0.25, 0.3) is 11.0 Å². The van der Waals surface area contributed by atoms with Crippen molar-refractivity contribution in [3.05, 3.63) is 30.9 Å². The Labute approximate surface area is 173 Å². The fraction of sp³-hybridized carbons (Fsp3) is 0.333. The summed E-state index contributed by atoms with van der Waals surface area (Å²) in [4.78, 5) is 12.8. The number of hydrogen-bond donors (Lipinski definition) is 3. The van der Waals surface area contributed by atoms with Crippen molar-refractivity contribution in [2.24, 2.45) is 5.14 Å². The van der Waals surface area contributed by atoms with Crippen molar-refractivity contribution in [2.75, 3.05) is 12.3 Å². The molecule has 0 bridgehead atoms. The van der Waals surface area contributed by atoms with Crippen LogP contribution in [0.15, 0.2) is 40.8 Å². The third-order valence-corrected chi connectivity index (χ3v) is 5.73. The van der Waals surface area contributed by atoms with E-state index in [-0.39, 0.29) is 11.5 Å². The van der Waals surface area contributed by atoms with Crippen LogP contribution >= 0.6 is 11.8 Å². The smallest absolute Gasteiger partial charge is 0.333 e. The van der Waals surface area contributed by atoms with E-state index in [9.17, 15) is 17.9 Å². The van der Waals surface area contributed by atoms with Gasteiger partial charge in [0.2, 0.25) is 0 Å². The number of alkyl halides is 1. The van der Waals surface area contributed by atoms with Crippen LogP contribution in [-0.4, -0.2) is 63.2 Å². The van der Waals surface area contributed by atoms with Gasteiger partial charge < -0.3 is 15.6 Å². The molecule has 0 spiro atoms. The highest BCUT2D eigenvalue weighted by molar-refractivity contribution is 7.99. The summed E-state index contributed by atoms with van der Waals surface area (Å²) in [7, 11) is -4.29. The molecule has 160 valence electrons. The molecule has 5 N–H and O–H groups in total. The van der Waals surface area contributed by atoms with Gasteiger partial charge in [-0.3, -0.25) is 9.17 Å². The molecule has 1 aliphatic heterocycles. The Morgan fingerprint density at radius 1 is 1.33 bits per heavy atom. The minimum Gasteiger partial charge on any atom is -0.387 e. The number of ether oxygens (including phenoxy) is 1. The molecule has 0 aromatic carbocycles. The Kier molecular flexibility index (Phi) is 5.56. The summed E-state index contributed by atoms with van der Waals surface area (Å²) < 4.78 is 47.9. The van der Waals surface area contributed by atoms with Crippen molar-refractivity contribution in [3.63, 3.8) is 0 Å². The first-order chi connectivity index (χ1) is 14.2. The zero-order valence-electron chi connectivity index (χ0n) is 15.1. The third kappa shape index (κ3) is 4.07. The van der Waals surface area contributed by atoms with Crippen LogP contribution in [0.5, 0.6) is 0 Å². The van der Waals surface area contributed by atoms with Gasteiger partial charge in [-0.05, 0) is 12.1 Å². The number of pyridine rings is 1. The second kappa shape index (κ2) is 8.01. The SMILES string of the molecule is Nc1ncnc2c1c(Sc1ccncc1)nn2[C@@H]1O[C@H](COS(N)(=O)=O)[C@@H](O)[C@@H]1F. The third-order valence-electron chi connectivity index (χ3n) is 4.28. The molecule has 1 fully saturated rings. The van der Waals surface area contributed by atoms with E-state index in [0.717, 1.165) is 9.58 Å². The zero-order chi connectivity index (χ0) is 21.5. The number of halogens is 1. The van der Waals surface area contributed by atoms with Crippen LogP contribution in [0.4, 0.5) is 10.2 Å². The number of hydrogen-bond acceptors (Lipinski definition) is 11. The molecular weight excluding hydrogens is 441 g/mol. The van der Waals surface area contributed by atoms with Crippen molar-refractivity contribution in [1.82, 2.24) is 24.7 Å². The highest BCUT2D eigenvalue weighted by atomic mass is 32.2. The van der Waals surface area contributed by atoms with Gasteiger partial charge in [-0.15, -0.1) is 0 Å². The molecule has 0 aliphatic carbocycles. The average molecular weight is 457 g/mol. The lowest BCUT2D eigenvalue weighted by Gasteiger charge is -2.14. The molecule has 4 heterocycles. The predicted molar refractivity (Wildman–Crippen MR) is 102 cm³/mol. The maximum Gasteiger partial charge on any atom is 0.333 e. The van der Waals surface area contributed by atoms with E-state index in [0.29, 0.717) is 10.4 Å². The van der Waals surface area contributed by atoms with Crippen LogP contribution in [0, 0.1) is 0 Å². The molecule has 0 unspecified atom stereocenters. The number of fused-ring (bicyclic) bond motifs is 1. The van der Waals surface area contributed by atoms with Gasteiger partial charge in [0.25, 0.3) is 0 Å². The Morgan fingerprint density at radius 3 is 2.77 bits per heavy atom. The number of nitrogens with two attached hydrogens (primary N) is 2. The van der Waals surface area contributed by atoms with Crippen LogP contribution in [-0.2, 0) is 19.2 Å². The largest absolute Gasteiger partial charge is 0.387 e.